The molecule has 0 saturated heterocycles. The molecule has 1 atom stereocenters. The van der Waals surface area contributed by atoms with E-state index in [0.29, 0.717) is 15.2 Å². The smallest absolute Gasteiger partial charge is 0.305 e. The second-order valence-corrected chi connectivity index (χ2v) is 8.18. The molecule has 1 aliphatic rings. The monoisotopic (exact) mass is 388 g/mol. The molecule has 132 valence electrons. The molecule has 4 rings (SSSR count). The van der Waals surface area contributed by atoms with Crippen molar-refractivity contribution >= 4 is 50.9 Å². The van der Waals surface area contributed by atoms with Gasteiger partial charge in [-0.1, -0.05) is 12.1 Å². The van der Waals surface area contributed by atoms with E-state index < -0.39 is 11.2 Å². The van der Waals surface area contributed by atoms with Gasteiger partial charge in [0.15, 0.2) is 0 Å². The third-order valence-corrected chi connectivity index (χ3v) is 6.27. The van der Waals surface area contributed by atoms with Crippen molar-refractivity contribution < 1.29 is 19.1 Å². The standard InChI is InChI=1S/C18H13FN2O3S2/c19-10-5-6-11-14(7-10)26-16(20-11)9-21-12-3-1-2-4-13(12)25-15(18(21)24)8-17(22)23/h1-7,15H,8-9H2,(H,22,23). The highest BCUT2D eigenvalue weighted by Gasteiger charge is 2.35. The zero-order valence-corrected chi connectivity index (χ0v) is 15.0. The molecule has 2 heterocycles. The number of fused-ring (bicyclic) bond motifs is 2. The van der Waals surface area contributed by atoms with Gasteiger partial charge in [0.1, 0.15) is 10.8 Å². The molecular formula is C18H13FN2O3S2. The van der Waals surface area contributed by atoms with Crippen molar-refractivity contribution in [2.45, 2.75) is 23.1 Å². The largest absolute Gasteiger partial charge is 0.481 e. The van der Waals surface area contributed by atoms with Crippen LogP contribution in [-0.4, -0.2) is 27.2 Å². The molecule has 1 N–H and O–H groups in total. The van der Waals surface area contributed by atoms with E-state index in [4.69, 9.17) is 5.11 Å². The Morgan fingerprint density at radius 2 is 2.08 bits per heavy atom. The normalized spacial score (nSPS) is 16.7. The summed E-state index contributed by atoms with van der Waals surface area (Å²) < 4.78 is 14.1. The van der Waals surface area contributed by atoms with Crippen molar-refractivity contribution in [1.29, 1.82) is 0 Å². The van der Waals surface area contributed by atoms with E-state index in [1.54, 1.807) is 11.0 Å². The fraction of sp³-hybridized carbons (Fsp3) is 0.167. The van der Waals surface area contributed by atoms with Crippen molar-refractivity contribution in [3.63, 3.8) is 0 Å². The van der Waals surface area contributed by atoms with Crippen LogP contribution in [0, 0.1) is 5.82 Å². The first kappa shape index (κ1) is 17.0. The molecule has 8 heteroatoms. The number of hydrogen-bond donors (Lipinski definition) is 1. The van der Waals surface area contributed by atoms with E-state index in [1.165, 1.54) is 35.2 Å². The summed E-state index contributed by atoms with van der Waals surface area (Å²) in [6.07, 6.45) is -0.237. The number of anilines is 1. The van der Waals surface area contributed by atoms with Crippen LogP contribution < -0.4 is 4.90 Å². The van der Waals surface area contributed by atoms with Crippen LogP contribution in [0.1, 0.15) is 11.4 Å². The van der Waals surface area contributed by atoms with E-state index in [9.17, 15) is 14.0 Å². The number of aliphatic carboxylic acids is 1. The van der Waals surface area contributed by atoms with E-state index in [0.717, 1.165) is 10.6 Å². The van der Waals surface area contributed by atoms with Crippen LogP contribution in [0.2, 0.25) is 0 Å². The second kappa shape index (κ2) is 6.69. The van der Waals surface area contributed by atoms with Gasteiger partial charge in [0, 0.05) is 4.90 Å². The van der Waals surface area contributed by atoms with Crippen LogP contribution in [0.15, 0.2) is 47.4 Å². The van der Waals surface area contributed by atoms with Gasteiger partial charge in [-0.2, -0.15) is 0 Å². The van der Waals surface area contributed by atoms with Crippen LogP contribution in [0.4, 0.5) is 10.1 Å². The molecule has 0 spiro atoms. The summed E-state index contributed by atoms with van der Waals surface area (Å²) >= 11 is 2.60. The number of carboxylic acid groups (broad SMARTS) is 1. The molecule has 1 unspecified atom stereocenters. The van der Waals surface area contributed by atoms with Gasteiger partial charge >= 0.3 is 5.97 Å². The number of hydrogen-bond acceptors (Lipinski definition) is 5. The average Bonchev–Trinajstić information content (AvgIpc) is 2.99. The Morgan fingerprint density at radius 3 is 2.88 bits per heavy atom. The maximum absolute atomic E-state index is 13.4. The number of nitrogens with zero attached hydrogens (tertiary/aromatic N) is 2. The van der Waals surface area contributed by atoms with Gasteiger partial charge in [-0.05, 0) is 30.3 Å². The number of carboxylic acids is 1. The molecule has 0 bridgehead atoms. The summed E-state index contributed by atoms with van der Waals surface area (Å²) in [4.78, 5) is 30.9. The molecule has 0 radical (unpaired) electrons. The lowest BCUT2D eigenvalue weighted by atomic mass is 10.2. The number of benzene rings is 2. The fourth-order valence-corrected chi connectivity index (χ4v) is 5.07. The van der Waals surface area contributed by atoms with Crippen LogP contribution in [-0.2, 0) is 16.1 Å². The van der Waals surface area contributed by atoms with Gasteiger partial charge in [0.25, 0.3) is 0 Å². The van der Waals surface area contributed by atoms with E-state index in [1.807, 2.05) is 24.3 Å². The SMILES string of the molecule is O=C(O)CC1Sc2ccccc2N(Cc2nc3ccc(F)cc3s2)C1=O. The van der Waals surface area contributed by atoms with Gasteiger partial charge in [0.2, 0.25) is 5.91 Å². The molecular weight excluding hydrogens is 375 g/mol. The zero-order valence-electron chi connectivity index (χ0n) is 13.4. The molecule has 1 aliphatic heterocycles. The molecule has 0 saturated carbocycles. The molecule has 0 aliphatic carbocycles. The van der Waals surface area contributed by atoms with Gasteiger partial charge < -0.3 is 10.0 Å². The minimum Gasteiger partial charge on any atom is -0.481 e. The predicted octanol–water partition coefficient (Wildman–Crippen LogP) is 3.92. The molecule has 3 aromatic rings. The van der Waals surface area contributed by atoms with Crippen molar-refractivity contribution in [2.24, 2.45) is 0 Å². The van der Waals surface area contributed by atoms with E-state index in [2.05, 4.69) is 4.98 Å². The zero-order chi connectivity index (χ0) is 18.3. The van der Waals surface area contributed by atoms with Crippen LogP contribution in [0.25, 0.3) is 10.2 Å². The highest BCUT2D eigenvalue weighted by Crippen LogP contribution is 2.41. The first-order chi connectivity index (χ1) is 12.5. The molecule has 1 amide bonds. The Balaban J connectivity index is 1.70. The number of amides is 1. The molecule has 2 aromatic carbocycles. The Kier molecular flexibility index (Phi) is 4.37. The quantitative estimate of drug-likeness (QED) is 0.734. The number of aromatic nitrogens is 1. The lowest BCUT2D eigenvalue weighted by Gasteiger charge is -2.32. The van der Waals surface area contributed by atoms with Gasteiger partial charge in [-0.15, -0.1) is 23.1 Å². The second-order valence-electron chi connectivity index (χ2n) is 5.82. The van der Waals surface area contributed by atoms with Gasteiger partial charge in [-0.3, -0.25) is 9.59 Å². The van der Waals surface area contributed by atoms with Crippen LogP contribution in [0.3, 0.4) is 0 Å². The Bertz CT molecular complexity index is 1020. The number of carbonyl (C=O) groups is 2. The first-order valence-electron chi connectivity index (χ1n) is 7.85. The molecule has 26 heavy (non-hydrogen) atoms. The lowest BCUT2D eigenvalue weighted by molar-refractivity contribution is -0.138. The summed E-state index contributed by atoms with van der Waals surface area (Å²) in [7, 11) is 0. The third-order valence-electron chi connectivity index (χ3n) is 4.01. The van der Waals surface area contributed by atoms with Crippen molar-refractivity contribution in [1.82, 2.24) is 4.98 Å². The average molecular weight is 388 g/mol. The maximum Gasteiger partial charge on any atom is 0.305 e. The van der Waals surface area contributed by atoms with Crippen molar-refractivity contribution in [2.75, 3.05) is 4.90 Å². The fourth-order valence-electron chi connectivity index (χ4n) is 2.88. The highest BCUT2D eigenvalue weighted by atomic mass is 32.2. The van der Waals surface area contributed by atoms with Crippen molar-refractivity contribution in [3.05, 3.63) is 53.3 Å². The van der Waals surface area contributed by atoms with Crippen LogP contribution >= 0.6 is 23.1 Å². The number of rotatable bonds is 4. The van der Waals surface area contributed by atoms with Gasteiger partial charge in [-0.25, -0.2) is 9.37 Å². The summed E-state index contributed by atoms with van der Waals surface area (Å²) in [5.41, 5.74) is 1.43. The predicted molar refractivity (Wildman–Crippen MR) is 99.1 cm³/mol. The number of halogens is 1. The first-order valence-corrected chi connectivity index (χ1v) is 9.55. The Morgan fingerprint density at radius 1 is 1.27 bits per heavy atom. The number of thiazole rings is 1. The number of carbonyl (C=O) groups excluding carboxylic acids is 1. The lowest BCUT2D eigenvalue weighted by Crippen LogP contribution is -2.41. The van der Waals surface area contributed by atoms with E-state index in [-0.39, 0.29) is 24.7 Å². The summed E-state index contributed by atoms with van der Waals surface area (Å²) in [5, 5.41) is 9.10. The maximum atomic E-state index is 13.4. The molecule has 1 aromatic heterocycles. The third kappa shape index (κ3) is 3.17. The Labute approximate surface area is 156 Å². The molecule has 0 fully saturated rings. The summed E-state index contributed by atoms with van der Waals surface area (Å²) in [5.74, 6) is -1.59. The van der Waals surface area contributed by atoms with Gasteiger partial charge in [0.05, 0.1) is 34.1 Å². The number of thioether (sulfide) groups is 1. The summed E-state index contributed by atoms with van der Waals surface area (Å²) in [6.45, 7) is 0.230. The van der Waals surface area contributed by atoms with Crippen LogP contribution in [0.5, 0.6) is 0 Å². The summed E-state index contributed by atoms with van der Waals surface area (Å²) in [6, 6.07) is 11.8. The highest BCUT2D eigenvalue weighted by molar-refractivity contribution is 8.01. The topological polar surface area (TPSA) is 70.5 Å². The minimum atomic E-state index is -1.01. The van der Waals surface area contributed by atoms with Crippen molar-refractivity contribution in [3.8, 4) is 0 Å². The Hall–Kier alpha value is -2.45. The van der Waals surface area contributed by atoms with E-state index >= 15 is 0 Å². The number of para-hydroxylation sites is 1. The minimum absolute atomic E-state index is 0.230. The molecule has 5 nitrogen and oxygen atoms in total.